The molecule has 0 spiro atoms. The normalized spacial score (nSPS) is 21.9. The van der Waals surface area contributed by atoms with Crippen molar-refractivity contribution in [1.29, 1.82) is 0 Å². The first-order chi connectivity index (χ1) is 8.87. The van der Waals surface area contributed by atoms with Crippen molar-refractivity contribution < 1.29 is 18.3 Å². The summed E-state index contributed by atoms with van der Waals surface area (Å²) in [6.07, 6.45) is 0.513. The first-order valence-corrected chi connectivity index (χ1v) is 9.25. The number of hydrogen-bond acceptors (Lipinski definition) is 5. The fraction of sp³-hybridized carbons (Fsp3) is 0.545. The summed E-state index contributed by atoms with van der Waals surface area (Å²) in [5.74, 6) is -0.722. The molecule has 1 atom stereocenters. The van der Waals surface area contributed by atoms with Crippen LogP contribution in [-0.2, 0) is 21.2 Å². The largest absolute Gasteiger partial charge is 0.480 e. The van der Waals surface area contributed by atoms with Crippen molar-refractivity contribution >= 4 is 43.1 Å². The Bertz CT molecular complexity index is 569. The molecule has 8 heteroatoms. The molecule has 1 unspecified atom stereocenters. The second kappa shape index (κ2) is 5.90. The second-order valence-corrected chi connectivity index (χ2v) is 8.63. The van der Waals surface area contributed by atoms with Crippen molar-refractivity contribution in [2.24, 2.45) is 0 Å². The lowest BCUT2D eigenvalue weighted by Crippen LogP contribution is -2.39. The van der Waals surface area contributed by atoms with Crippen molar-refractivity contribution in [1.82, 2.24) is 4.90 Å². The summed E-state index contributed by atoms with van der Waals surface area (Å²) in [6, 6.07) is 1.71. The van der Waals surface area contributed by atoms with Crippen LogP contribution in [0.15, 0.2) is 15.9 Å². The van der Waals surface area contributed by atoms with Crippen LogP contribution in [0.1, 0.15) is 11.3 Å². The third kappa shape index (κ3) is 4.01. The molecule has 1 N–H and O–H groups in total. The fourth-order valence-corrected chi connectivity index (χ4v) is 5.44. The molecule has 1 aliphatic rings. The second-order valence-electron chi connectivity index (χ2n) is 4.55. The van der Waals surface area contributed by atoms with Gasteiger partial charge in [-0.3, -0.25) is 9.69 Å². The first-order valence-electron chi connectivity index (χ1n) is 5.75. The van der Waals surface area contributed by atoms with Gasteiger partial charge in [-0.05, 0) is 33.8 Å². The molecule has 19 heavy (non-hydrogen) atoms. The molecule has 2 rings (SSSR count). The van der Waals surface area contributed by atoms with Crippen LogP contribution in [0.25, 0.3) is 0 Å². The van der Waals surface area contributed by atoms with Crippen LogP contribution in [0.2, 0.25) is 0 Å². The van der Waals surface area contributed by atoms with Gasteiger partial charge in [0.1, 0.15) is 0 Å². The Morgan fingerprint density at radius 2 is 2.32 bits per heavy atom. The van der Waals surface area contributed by atoms with Crippen molar-refractivity contribution in [3.8, 4) is 0 Å². The zero-order chi connectivity index (χ0) is 14.0. The molecule has 0 amide bonds. The van der Waals surface area contributed by atoms with E-state index >= 15 is 0 Å². The molecule has 1 aromatic heterocycles. The van der Waals surface area contributed by atoms with E-state index in [2.05, 4.69) is 15.9 Å². The highest BCUT2D eigenvalue weighted by Crippen LogP contribution is 2.27. The number of aliphatic carboxylic acids is 1. The molecule has 1 aromatic rings. The maximum absolute atomic E-state index is 11.5. The molecular formula is C11H14BrNO4S2. The number of carboxylic acids is 1. The van der Waals surface area contributed by atoms with Crippen molar-refractivity contribution in [3.63, 3.8) is 0 Å². The number of carbonyl (C=O) groups is 1. The summed E-state index contributed by atoms with van der Waals surface area (Å²) in [6.45, 7) is 0.329. The third-order valence-corrected chi connectivity index (χ3v) is 6.76. The Morgan fingerprint density at radius 1 is 1.58 bits per heavy atom. The van der Waals surface area contributed by atoms with Crippen LogP contribution < -0.4 is 0 Å². The zero-order valence-corrected chi connectivity index (χ0v) is 13.3. The monoisotopic (exact) mass is 367 g/mol. The van der Waals surface area contributed by atoms with Gasteiger partial charge in [-0.1, -0.05) is 0 Å². The average Bonchev–Trinajstić information content (AvgIpc) is 2.84. The van der Waals surface area contributed by atoms with Gasteiger partial charge in [0.2, 0.25) is 0 Å². The van der Waals surface area contributed by atoms with Gasteiger partial charge in [0.25, 0.3) is 0 Å². The minimum absolute atomic E-state index is 0.0588. The number of hydrogen-bond donors (Lipinski definition) is 1. The van der Waals surface area contributed by atoms with Crippen molar-refractivity contribution in [2.75, 3.05) is 18.1 Å². The summed E-state index contributed by atoms with van der Waals surface area (Å²) in [5, 5.41) is 10.9. The maximum Gasteiger partial charge on any atom is 0.317 e. The number of carboxylic acid groups (broad SMARTS) is 1. The highest BCUT2D eigenvalue weighted by atomic mass is 79.9. The predicted octanol–water partition coefficient (Wildman–Crippen LogP) is 1.58. The molecule has 0 aliphatic carbocycles. The third-order valence-electron chi connectivity index (χ3n) is 3.10. The van der Waals surface area contributed by atoms with Gasteiger partial charge in [-0.2, -0.15) is 0 Å². The molecule has 1 aliphatic heterocycles. The highest BCUT2D eigenvalue weighted by Gasteiger charge is 2.33. The van der Waals surface area contributed by atoms with E-state index in [9.17, 15) is 13.2 Å². The lowest BCUT2D eigenvalue weighted by Gasteiger charge is -2.25. The Morgan fingerprint density at radius 3 is 2.79 bits per heavy atom. The Balaban J connectivity index is 2.12. The van der Waals surface area contributed by atoms with E-state index in [1.807, 2.05) is 11.4 Å². The topological polar surface area (TPSA) is 74.7 Å². The predicted molar refractivity (Wildman–Crippen MR) is 77.1 cm³/mol. The molecule has 1 saturated heterocycles. The highest BCUT2D eigenvalue weighted by molar-refractivity contribution is 9.10. The summed E-state index contributed by atoms with van der Waals surface area (Å²) in [4.78, 5) is 13.7. The van der Waals surface area contributed by atoms with Crippen LogP contribution in [0.3, 0.4) is 0 Å². The van der Waals surface area contributed by atoms with Crippen LogP contribution in [-0.4, -0.2) is 48.5 Å². The van der Waals surface area contributed by atoms with Gasteiger partial charge in [-0.25, -0.2) is 8.42 Å². The van der Waals surface area contributed by atoms with Gasteiger partial charge < -0.3 is 5.11 Å². The van der Waals surface area contributed by atoms with E-state index in [0.29, 0.717) is 13.0 Å². The average molecular weight is 368 g/mol. The van der Waals surface area contributed by atoms with E-state index in [1.165, 1.54) is 11.3 Å². The Hall–Kier alpha value is -0.440. The van der Waals surface area contributed by atoms with Crippen LogP contribution in [0.4, 0.5) is 0 Å². The van der Waals surface area contributed by atoms with E-state index in [0.717, 1.165) is 9.35 Å². The SMILES string of the molecule is O=C(O)CN(Cc1sccc1Br)C1CCS(=O)(=O)C1. The number of nitrogens with zero attached hydrogens (tertiary/aromatic N) is 1. The van der Waals surface area contributed by atoms with Gasteiger partial charge in [0.05, 0.1) is 18.1 Å². The summed E-state index contributed by atoms with van der Waals surface area (Å²) in [7, 11) is -3.01. The van der Waals surface area contributed by atoms with Gasteiger partial charge in [0.15, 0.2) is 9.84 Å². The van der Waals surface area contributed by atoms with E-state index < -0.39 is 15.8 Å². The molecule has 0 radical (unpaired) electrons. The molecule has 0 saturated carbocycles. The molecule has 5 nitrogen and oxygen atoms in total. The first kappa shape index (κ1) is 15.0. The van der Waals surface area contributed by atoms with Gasteiger partial charge in [-0.15, -0.1) is 11.3 Å². The van der Waals surface area contributed by atoms with E-state index in [1.54, 1.807) is 4.90 Å². The number of rotatable bonds is 5. The fourth-order valence-electron chi connectivity index (χ4n) is 2.17. The van der Waals surface area contributed by atoms with Crippen LogP contribution in [0, 0.1) is 0 Å². The van der Waals surface area contributed by atoms with E-state index in [-0.39, 0.29) is 24.1 Å². The minimum atomic E-state index is -3.01. The van der Waals surface area contributed by atoms with Crippen molar-refractivity contribution in [3.05, 3.63) is 20.8 Å². The maximum atomic E-state index is 11.5. The molecule has 106 valence electrons. The smallest absolute Gasteiger partial charge is 0.317 e. The summed E-state index contributed by atoms with van der Waals surface area (Å²) < 4.78 is 24.0. The zero-order valence-electron chi connectivity index (χ0n) is 10.1. The standard InChI is InChI=1S/C11H14BrNO4S2/c12-9-1-3-18-10(9)5-13(6-11(14)15)8-2-4-19(16,17)7-8/h1,3,8H,2,4-7H2,(H,14,15). The molecule has 1 fully saturated rings. The minimum Gasteiger partial charge on any atom is -0.480 e. The summed E-state index contributed by atoms with van der Waals surface area (Å²) >= 11 is 4.94. The molecule has 2 heterocycles. The Labute approximate surface area is 124 Å². The molecular weight excluding hydrogens is 354 g/mol. The number of halogens is 1. The van der Waals surface area contributed by atoms with Crippen LogP contribution in [0.5, 0.6) is 0 Å². The van der Waals surface area contributed by atoms with Gasteiger partial charge >= 0.3 is 5.97 Å². The van der Waals surface area contributed by atoms with Gasteiger partial charge in [0, 0.05) is 21.9 Å². The van der Waals surface area contributed by atoms with E-state index in [4.69, 9.17) is 5.11 Å². The molecule has 0 bridgehead atoms. The Kier molecular flexibility index (Phi) is 4.65. The number of thiophene rings is 1. The van der Waals surface area contributed by atoms with Crippen LogP contribution >= 0.6 is 27.3 Å². The number of sulfone groups is 1. The quantitative estimate of drug-likeness (QED) is 0.854. The van der Waals surface area contributed by atoms with Crippen molar-refractivity contribution in [2.45, 2.75) is 19.0 Å². The molecule has 0 aromatic carbocycles. The lowest BCUT2D eigenvalue weighted by molar-refractivity contribution is -0.139. The summed E-state index contributed by atoms with van der Waals surface area (Å²) in [5.41, 5.74) is 0. The lowest BCUT2D eigenvalue weighted by atomic mass is 10.2.